The van der Waals surface area contributed by atoms with Crippen LogP contribution < -0.4 is 0 Å². The first-order valence-electron chi connectivity index (χ1n) is 8.65. The molecule has 0 unspecified atom stereocenters. The van der Waals surface area contributed by atoms with Crippen LogP contribution in [0.1, 0.15) is 45.6 Å². The number of fused-ring (bicyclic) bond motifs is 2. The van der Waals surface area contributed by atoms with Crippen molar-refractivity contribution in [2.75, 3.05) is 13.1 Å². The molecule has 0 atom stereocenters. The standard InChI is InChI=1S/C20H22N2O/c23-20(18-13-17-7-3-4-8-19(17)21-14-18)22-11-9-15-5-1-2-6-16(15)10-12-22/h1-2,5-6,13-14H,3-4,7-12H2. The van der Waals surface area contributed by atoms with Gasteiger partial charge in [0.15, 0.2) is 0 Å². The first-order valence-corrected chi connectivity index (χ1v) is 8.65. The Morgan fingerprint density at radius 2 is 1.61 bits per heavy atom. The zero-order valence-corrected chi connectivity index (χ0v) is 13.4. The summed E-state index contributed by atoms with van der Waals surface area (Å²) in [5.74, 6) is 0.138. The quantitative estimate of drug-likeness (QED) is 0.810. The highest BCUT2D eigenvalue weighted by atomic mass is 16.2. The fourth-order valence-electron chi connectivity index (χ4n) is 3.76. The number of aromatic nitrogens is 1. The second-order valence-corrected chi connectivity index (χ2v) is 6.60. The maximum absolute atomic E-state index is 12.9. The molecule has 0 saturated carbocycles. The van der Waals surface area contributed by atoms with Gasteiger partial charge in [-0.15, -0.1) is 0 Å². The molecule has 0 radical (unpaired) electrons. The van der Waals surface area contributed by atoms with E-state index in [0.29, 0.717) is 0 Å². The molecule has 23 heavy (non-hydrogen) atoms. The predicted molar refractivity (Wildman–Crippen MR) is 90.6 cm³/mol. The van der Waals surface area contributed by atoms with Gasteiger partial charge in [0.25, 0.3) is 5.91 Å². The summed E-state index contributed by atoms with van der Waals surface area (Å²) in [7, 11) is 0. The minimum absolute atomic E-state index is 0.138. The maximum Gasteiger partial charge on any atom is 0.255 e. The third-order valence-corrected chi connectivity index (χ3v) is 5.12. The van der Waals surface area contributed by atoms with Crippen molar-refractivity contribution in [2.24, 2.45) is 0 Å². The molecule has 0 saturated heterocycles. The lowest BCUT2D eigenvalue weighted by atomic mass is 9.95. The van der Waals surface area contributed by atoms with E-state index < -0.39 is 0 Å². The second kappa shape index (κ2) is 6.15. The molecule has 2 aliphatic rings. The van der Waals surface area contributed by atoms with Crippen molar-refractivity contribution in [3.63, 3.8) is 0 Å². The van der Waals surface area contributed by atoms with Gasteiger partial charge in [-0.3, -0.25) is 9.78 Å². The summed E-state index contributed by atoms with van der Waals surface area (Å²) in [6.07, 6.45) is 8.23. The van der Waals surface area contributed by atoms with E-state index in [1.54, 1.807) is 6.20 Å². The zero-order valence-electron chi connectivity index (χ0n) is 13.4. The number of hydrogen-bond donors (Lipinski definition) is 0. The Labute approximate surface area is 137 Å². The summed E-state index contributed by atoms with van der Waals surface area (Å²) in [5.41, 5.74) is 5.99. The van der Waals surface area contributed by atoms with Crippen LogP contribution in [0.2, 0.25) is 0 Å². The number of rotatable bonds is 1. The lowest BCUT2D eigenvalue weighted by Gasteiger charge is -2.21. The molecule has 2 heterocycles. The van der Waals surface area contributed by atoms with Crippen LogP contribution in [0.15, 0.2) is 36.5 Å². The molecule has 0 bridgehead atoms. The maximum atomic E-state index is 12.9. The molecule has 0 spiro atoms. The molecular weight excluding hydrogens is 284 g/mol. The average Bonchev–Trinajstić information content (AvgIpc) is 2.83. The summed E-state index contributed by atoms with van der Waals surface area (Å²) < 4.78 is 0. The molecule has 0 N–H and O–H groups in total. The summed E-state index contributed by atoms with van der Waals surface area (Å²) in [6.45, 7) is 1.60. The topological polar surface area (TPSA) is 33.2 Å². The van der Waals surface area contributed by atoms with Crippen LogP contribution in [0.25, 0.3) is 0 Å². The third kappa shape index (κ3) is 2.88. The van der Waals surface area contributed by atoms with Crippen LogP contribution in [0.3, 0.4) is 0 Å². The normalized spacial score (nSPS) is 17.1. The molecule has 3 nitrogen and oxygen atoms in total. The first kappa shape index (κ1) is 14.4. The number of carbonyl (C=O) groups is 1. The Bertz CT molecular complexity index is 711. The number of aryl methyl sites for hydroxylation is 2. The number of hydrogen-bond acceptors (Lipinski definition) is 2. The smallest absolute Gasteiger partial charge is 0.255 e. The van der Waals surface area contributed by atoms with Crippen LogP contribution in [0.4, 0.5) is 0 Å². The van der Waals surface area contributed by atoms with Gasteiger partial charge >= 0.3 is 0 Å². The molecule has 118 valence electrons. The molecule has 1 aromatic carbocycles. The van der Waals surface area contributed by atoms with Crippen molar-refractivity contribution < 1.29 is 4.79 Å². The van der Waals surface area contributed by atoms with Crippen LogP contribution >= 0.6 is 0 Å². The van der Waals surface area contributed by atoms with Gasteiger partial charge in [0.2, 0.25) is 0 Å². The zero-order chi connectivity index (χ0) is 15.6. The van der Waals surface area contributed by atoms with Gasteiger partial charge in [-0.25, -0.2) is 0 Å². The summed E-state index contributed by atoms with van der Waals surface area (Å²) >= 11 is 0. The Morgan fingerprint density at radius 1 is 0.913 bits per heavy atom. The van der Waals surface area contributed by atoms with Gasteiger partial charge in [-0.1, -0.05) is 24.3 Å². The Kier molecular flexibility index (Phi) is 3.86. The monoisotopic (exact) mass is 306 g/mol. The number of amides is 1. The average molecular weight is 306 g/mol. The van der Waals surface area contributed by atoms with Crippen LogP contribution in [-0.2, 0) is 25.7 Å². The molecule has 1 amide bonds. The van der Waals surface area contributed by atoms with E-state index in [2.05, 4.69) is 35.3 Å². The van der Waals surface area contributed by atoms with Crippen LogP contribution in [0, 0.1) is 0 Å². The molecule has 4 rings (SSSR count). The van der Waals surface area contributed by atoms with Crippen LogP contribution in [0.5, 0.6) is 0 Å². The van der Waals surface area contributed by atoms with E-state index in [4.69, 9.17) is 0 Å². The first-order chi connectivity index (χ1) is 11.3. The van der Waals surface area contributed by atoms with Crippen molar-refractivity contribution in [2.45, 2.75) is 38.5 Å². The number of pyridine rings is 1. The highest BCUT2D eigenvalue weighted by molar-refractivity contribution is 5.94. The van der Waals surface area contributed by atoms with Crippen molar-refractivity contribution in [1.29, 1.82) is 0 Å². The molecule has 3 heteroatoms. The predicted octanol–water partition coefficient (Wildman–Crippen LogP) is 3.20. The second-order valence-electron chi connectivity index (χ2n) is 6.60. The van der Waals surface area contributed by atoms with E-state index in [1.807, 2.05) is 4.90 Å². The fourth-order valence-corrected chi connectivity index (χ4v) is 3.76. The largest absolute Gasteiger partial charge is 0.338 e. The van der Waals surface area contributed by atoms with Crippen molar-refractivity contribution in [3.05, 3.63) is 64.5 Å². The van der Waals surface area contributed by atoms with Gasteiger partial charge in [0, 0.05) is 25.0 Å². The molecule has 1 aliphatic heterocycles. The number of benzene rings is 1. The summed E-state index contributed by atoms with van der Waals surface area (Å²) in [4.78, 5) is 19.4. The molecule has 1 aliphatic carbocycles. The van der Waals surface area contributed by atoms with Crippen molar-refractivity contribution in [3.8, 4) is 0 Å². The van der Waals surface area contributed by atoms with Gasteiger partial charge in [0.05, 0.1) is 5.56 Å². The highest BCUT2D eigenvalue weighted by Crippen LogP contribution is 2.22. The molecule has 0 fully saturated rings. The van der Waals surface area contributed by atoms with E-state index in [-0.39, 0.29) is 5.91 Å². The van der Waals surface area contributed by atoms with Crippen LogP contribution in [-0.4, -0.2) is 28.9 Å². The van der Waals surface area contributed by atoms with E-state index >= 15 is 0 Å². The van der Waals surface area contributed by atoms with Crippen molar-refractivity contribution in [1.82, 2.24) is 9.88 Å². The fraction of sp³-hybridized carbons (Fsp3) is 0.400. The summed E-state index contributed by atoms with van der Waals surface area (Å²) in [5, 5.41) is 0. The minimum atomic E-state index is 0.138. The van der Waals surface area contributed by atoms with E-state index in [1.165, 1.54) is 35.2 Å². The molecular formula is C20H22N2O. The lowest BCUT2D eigenvalue weighted by Crippen LogP contribution is -2.33. The molecule has 2 aromatic rings. The van der Waals surface area contributed by atoms with Crippen molar-refractivity contribution >= 4 is 5.91 Å². The van der Waals surface area contributed by atoms with Gasteiger partial charge in [0.1, 0.15) is 0 Å². The lowest BCUT2D eigenvalue weighted by molar-refractivity contribution is 0.0762. The van der Waals surface area contributed by atoms with Gasteiger partial charge in [-0.05, 0) is 61.3 Å². The van der Waals surface area contributed by atoms with Gasteiger partial charge in [-0.2, -0.15) is 0 Å². The SMILES string of the molecule is O=C(c1cnc2c(c1)CCCC2)N1CCc2ccccc2CC1. The van der Waals surface area contributed by atoms with E-state index in [9.17, 15) is 4.79 Å². The minimum Gasteiger partial charge on any atom is -0.338 e. The Morgan fingerprint density at radius 3 is 2.35 bits per heavy atom. The Balaban J connectivity index is 1.53. The number of carbonyl (C=O) groups excluding carboxylic acids is 1. The van der Waals surface area contributed by atoms with Gasteiger partial charge < -0.3 is 4.90 Å². The molecule has 1 aromatic heterocycles. The van der Waals surface area contributed by atoms with E-state index in [0.717, 1.165) is 44.3 Å². The Hall–Kier alpha value is -2.16. The third-order valence-electron chi connectivity index (χ3n) is 5.12. The number of nitrogens with zero attached hydrogens (tertiary/aromatic N) is 2. The highest BCUT2D eigenvalue weighted by Gasteiger charge is 2.21. The summed E-state index contributed by atoms with van der Waals surface area (Å²) in [6, 6.07) is 10.6.